The van der Waals surface area contributed by atoms with Gasteiger partial charge in [-0.2, -0.15) is 5.10 Å². The highest BCUT2D eigenvalue weighted by molar-refractivity contribution is 5.97. The van der Waals surface area contributed by atoms with E-state index in [9.17, 15) is 4.79 Å². The third-order valence-corrected chi connectivity index (χ3v) is 6.87. The van der Waals surface area contributed by atoms with Gasteiger partial charge in [-0.3, -0.25) is 9.48 Å². The second-order valence-corrected chi connectivity index (χ2v) is 9.63. The van der Waals surface area contributed by atoms with Crippen LogP contribution in [0.1, 0.15) is 45.6 Å². The largest absolute Gasteiger partial charge is 0.451 e. The number of hydrogen-bond acceptors (Lipinski definition) is 6. The molecule has 0 spiro atoms. The Hall–Kier alpha value is -4.30. The van der Waals surface area contributed by atoms with E-state index in [1.807, 2.05) is 62.8 Å². The summed E-state index contributed by atoms with van der Waals surface area (Å²) < 4.78 is 12.5. The lowest BCUT2D eigenvalue weighted by atomic mass is 9.96. The molecule has 1 N–H and O–H groups in total. The van der Waals surface area contributed by atoms with Crippen LogP contribution in [-0.4, -0.2) is 25.7 Å². The predicted molar refractivity (Wildman–Crippen MR) is 138 cm³/mol. The first-order valence-corrected chi connectivity index (χ1v) is 12.3. The lowest BCUT2D eigenvalue weighted by Gasteiger charge is -2.21. The van der Waals surface area contributed by atoms with Crippen LogP contribution in [-0.2, 0) is 30.5 Å². The molecule has 186 valence electrons. The molecular weight excluding hydrogens is 466 g/mol. The summed E-state index contributed by atoms with van der Waals surface area (Å²) in [4.78, 5) is 22.4. The Labute approximate surface area is 214 Å². The van der Waals surface area contributed by atoms with E-state index < -0.39 is 5.54 Å². The first-order chi connectivity index (χ1) is 18.0. The standard InChI is InChI=1S/C29H27N5O3/c1-19-11-20(15-36-16-22-17-37-18-30-22)7-8-23(19)28(35)33-29(9-10-29)25-12-27(21-13-31-34(2)14-21)32-26-6-4-3-5-24(25)26/h3-8,11-14,17-18H,9-10,15-16H2,1-2H3,(H,33,35). The Bertz CT molecular complexity index is 1580. The van der Waals surface area contributed by atoms with Gasteiger partial charge in [0.25, 0.3) is 5.91 Å². The van der Waals surface area contributed by atoms with Crippen molar-refractivity contribution in [1.29, 1.82) is 0 Å². The number of para-hydroxylation sites is 1. The SMILES string of the molecule is Cc1cc(COCc2cocn2)ccc1C(=O)NC1(c2cc(-c3cnn(C)c3)nc3ccccc23)CC1. The molecular formula is C29H27N5O3. The molecule has 0 unspecified atom stereocenters. The van der Waals surface area contributed by atoms with E-state index in [-0.39, 0.29) is 5.91 Å². The fraction of sp³-hybridized carbons (Fsp3) is 0.241. The summed E-state index contributed by atoms with van der Waals surface area (Å²) in [6.07, 6.45) is 8.49. The molecule has 6 rings (SSSR count). The van der Waals surface area contributed by atoms with Crippen LogP contribution in [0.15, 0.2) is 78.0 Å². The van der Waals surface area contributed by atoms with Gasteiger partial charge in [0.15, 0.2) is 6.39 Å². The number of nitrogens with zero attached hydrogens (tertiary/aromatic N) is 4. The van der Waals surface area contributed by atoms with Crippen LogP contribution in [0, 0.1) is 6.92 Å². The van der Waals surface area contributed by atoms with Crippen molar-refractivity contribution in [3.63, 3.8) is 0 Å². The first-order valence-electron chi connectivity index (χ1n) is 12.3. The Balaban J connectivity index is 1.24. The molecule has 0 atom stereocenters. The Kier molecular flexibility index (Phi) is 5.81. The third kappa shape index (κ3) is 4.63. The van der Waals surface area contributed by atoms with Crippen molar-refractivity contribution in [2.75, 3.05) is 0 Å². The van der Waals surface area contributed by atoms with Crippen LogP contribution in [0.25, 0.3) is 22.2 Å². The van der Waals surface area contributed by atoms with Crippen molar-refractivity contribution in [2.45, 2.75) is 38.5 Å². The average Bonchev–Trinajstić information content (AvgIpc) is 3.25. The van der Waals surface area contributed by atoms with Crippen molar-refractivity contribution in [2.24, 2.45) is 7.05 Å². The minimum Gasteiger partial charge on any atom is -0.451 e. The molecule has 8 nitrogen and oxygen atoms in total. The van der Waals surface area contributed by atoms with Gasteiger partial charge in [0.2, 0.25) is 0 Å². The molecule has 0 saturated heterocycles. The predicted octanol–water partition coefficient (Wildman–Crippen LogP) is 5.07. The maximum atomic E-state index is 13.5. The number of benzene rings is 2. The monoisotopic (exact) mass is 493 g/mol. The van der Waals surface area contributed by atoms with Gasteiger partial charge in [-0.1, -0.05) is 30.3 Å². The molecule has 0 radical (unpaired) electrons. The van der Waals surface area contributed by atoms with E-state index in [0.717, 1.165) is 57.4 Å². The highest BCUT2D eigenvalue weighted by atomic mass is 16.5. The van der Waals surface area contributed by atoms with Gasteiger partial charge in [-0.25, -0.2) is 9.97 Å². The second-order valence-electron chi connectivity index (χ2n) is 9.63. The van der Waals surface area contributed by atoms with E-state index >= 15 is 0 Å². The molecule has 2 aromatic carbocycles. The number of aryl methyl sites for hydroxylation is 2. The number of aromatic nitrogens is 4. The number of hydrogen-bond donors (Lipinski definition) is 1. The summed E-state index contributed by atoms with van der Waals surface area (Å²) in [7, 11) is 1.89. The van der Waals surface area contributed by atoms with Gasteiger partial charge in [-0.05, 0) is 54.7 Å². The normalized spacial score (nSPS) is 14.1. The van der Waals surface area contributed by atoms with Gasteiger partial charge >= 0.3 is 0 Å². The number of amides is 1. The highest BCUT2D eigenvalue weighted by Gasteiger charge is 2.47. The molecule has 0 bridgehead atoms. The molecule has 0 aliphatic heterocycles. The number of nitrogens with one attached hydrogen (secondary N) is 1. The zero-order chi connectivity index (χ0) is 25.4. The van der Waals surface area contributed by atoms with Gasteiger partial charge in [0.05, 0.1) is 36.2 Å². The number of carbonyl (C=O) groups excluding carboxylic acids is 1. The third-order valence-electron chi connectivity index (χ3n) is 6.87. The van der Waals surface area contributed by atoms with Gasteiger partial charge in [0, 0.05) is 29.8 Å². The number of rotatable bonds is 8. The molecule has 8 heteroatoms. The van der Waals surface area contributed by atoms with Crippen LogP contribution >= 0.6 is 0 Å². The topological polar surface area (TPSA) is 95.1 Å². The van der Waals surface area contributed by atoms with Crippen LogP contribution in [0.5, 0.6) is 0 Å². The second kappa shape index (κ2) is 9.29. The van der Waals surface area contributed by atoms with Crippen molar-refractivity contribution in [3.05, 3.63) is 102 Å². The molecule has 37 heavy (non-hydrogen) atoms. The maximum Gasteiger partial charge on any atom is 0.252 e. The minimum absolute atomic E-state index is 0.0751. The zero-order valence-electron chi connectivity index (χ0n) is 20.8. The summed E-state index contributed by atoms with van der Waals surface area (Å²) in [5.41, 5.74) is 6.72. The van der Waals surface area contributed by atoms with Crippen molar-refractivity contribution in [3.8, 4) is 11.3 Å². The molecule has 1 amide bonds. The van der Waals surface area contributed by atoms with Gasteiger partial charge in [-0.15, -0.1) is 0 Å². The van der Waals surface area contributed by atoms with Crippen molar-refractivity contribution < 1.29 is 13.9 Å². The molecule has 1 saturated carbocycles. The summed E-state index contributed by atoms with van der Waals surface area (Å²) in [5, 5.41) is 8.73. The van der Waals surface area contributed by atoms with Crippen LogP contribution < -0.4 is 5.32 Å². The quantitative estimate of drug-likeness (QED) is 0.324. The van der Waals surface area contributed by atoms with E-state index in [1.165, 1.54) is 6.39 Å². The summed E-state index contributed by atoms with van der Waals surface area (Å²) in [6, 6.07) is 16.0. The van der Waals surface area contributed by atoms with E-state index in [1.54, 1.807) is 10.9 Å². The molecule has 1 fully saturated rings. The van der Waals surface area contributed by atoms with E-state index in [2.05, 4.69) is 27.5 Å². The average molecular weight is 494 g/mol. The van der Waals surface area contributed by atoms with Crippen LogP contribution in [0.3, 0.4) is 0 Å². The molecule has 3 aromatic heterocycles. The van der Waals surface area contributed by atoms with Crippen LogP contribution in [0.4, 0.5) is 0 Å². The maximum absolute atomic E-state index is 13.5. The minimum atomic E-state index is -0.414. The molecule has 3 heterocycles. The first kappa shape index (κ1) is 23.1. The lowest BCUT2D eigenvalue weighted by Crippen LogP contribution is -2.35. The Morgan fingerprint density at radius 3 is 2.76 bits per heavy atom. The van der Waals surface area contributed by atoms with E-state index in [4.69, 9.17) is 14.1 Å². The number of ether oxygens (including phenoxy) is 1. The number of pyridine rings is 1. The fourth-order valence-corrected chi connectivity index (χ4v) is 4.80. The lowest BCUT2D eigenvalue weighted by molar-refractivity contribution is 0.0929. The Morgan fingerprint density at radius 2 is 2.03 bits per heavy atom. The molecule has 1 aliphatic carbocycles. The summed E-state index contributed by atoms with van der Waals surface area (Å²) in [5.74, 6) is -0.0751. The zero-order valence-corrected chi connectivity index (χ0v) is 20.8. The smallest absolute Gasteiger partial charge is 0.252 e. The van der Waals surface area contributed by atoms with Gasteiger partial charge < -0.3 is 14.5 Å². The number of carbonyl (C=O) groups is 1. The fourth-order valence-electron chi connectivity index (χ4n) is 4.80. The molecule has 1 aliphatic rings. The number of oxazole rings is 1. The molecule has 5 aromatic rings. The number of fused-ring (bicyclic) bond motifs is 1. The van der Waals surface area contributed by atoms with E-state index in [0.29, 0.717) is 18.8 Å². The van der Waals surface area contributed by atoms with Crippen LogP contribution in [0.2, 0.25) is 0 Å². The summed E-state index contributed by atoms with van der Waals surface area (Å²) >= 11 is 0. The highest BCUT2D eigenvalue weighted by Crippen LogP contribution is 2.48. The van der Waals surface area contributed by atoms with Gasteiger partial charge in [0.1, 0.15) is 12.0 Å². The summed E-state index contributed by atoms with van der Waals surface area (Å²) in [6.45, 7) is 2.76. The van der Waals surface area contributed by atoms with Crippen molar-refractivity contribution in [1.82, 2.24) is 25.1 Å². The van der Waals surface area contributed by atoms with Crippen molar-refractivity contribution >= 4 is 16.8 Å². The Morgan fingerprint density at radius 1 is 1.16 bits per heavy atom.